The Morgan fingerprint density at radius 2 is 1.62 bits per heavy atom. The van der Waals surface area contributed by atoms with Crippen molar-refractivity contribution in [2.24, 2.45) is 17.8 Å². The third-order valence-electron chi connectivity index (χ3n) is 5.57. The van der Waals surface area contributed by atoms with Gasteiger partial charge in [0.05, 0.1) is 0 Å². The van der Waals surface area contributed by atoms with Gasteiger partial charge in [0.2, 0.25) is 5.91 Å². The Kier molecular flexibility index (Phi) is 10.6. The van der Waals surface area contributed by atoms with E-state index in [1.807, 2.05) is 18.7 Å². The molecule has 2 saturated heterocycles. The zero-order valence-electron chi connectivity index (χ0n) is 16.7. The van der Waals surface area contributed by atoms with Crippen molar-refractivity contribution < 1.29 is 9.53 Å². The molecule has 0 aromatic rings. The van der Waals surface area contributed by atoms with Gasteiger partial charge in [0, 0.05) is 19.7 Å². The zero-order valence-corrected chi connectivity index (χ0v) is 16.7. The maximum Gasteiger partial charge on any atom is 0.248 e. The molecule has 0 unspecified atom stereocenters. The van der Waals surface area contributed by atoms with E-state index < -0.39 is 0 Å². The molecule has 2 fully saturated rings. The Labute approximate surface area is 149 Å². The number of rotatable bonds is 6. The van der Waals surface area contributed by atoms with Crippen LogP contribution >= 0.6 is 0 Å². The molecule has 1 amide bonds. The number of ether oxygens (including phenoxy) is 1. The fourth-order valence-corrected chi connectivity index (χ4v) is 3.67. The molecule has 4 nitrogen and oxygen atoms in total. The first-order valence-electron chi connectivity index (χ1n) is 10.1. The van der Waals surface area contributed by atoms with Crippen molar-refractivity contribution in [3.63, 3.8) is 0 Å². The van der Waals surface area contributed by atoms with Gasteiger partial charge in [-0.1, -0.05) is 27.7 Å². The Morgan fingerprint density at radius 1 is 1.04 bits per heavy atom. The van der Waals surface area contributed by atoms with E-state index >= 15 is 0 Å². The summed E-state index contributed by atoms with van der Waals surface area (Å²) in [6.45, 7) is 13.8. The standard InChI is InChI=1S/C18H34N2O2.C2H6/c1-15(2)17-6-11-20(12-7-17)18(21)14-22-13-8-16-4-9-19(3)10-5-16;1-2/h15-17H,4-14H2,1-3H3;1-2H3. The summed E-state index contributed by atoms with van der Waals surface area (Å²) >= 11 is 0. The highest BCUT2D eigenvalue weighted by atomic mass is 16.5. The number of hydrogen-bond donors (Lipinski definition) is 0. The number of likely N-dealkylation sites (tertiary alicyclic amines) is 2. The molecule has 2 aliphatic heterocycles. The molecule has 0 spiro atoms. The van der Waals surface area contributed by atoms with Crippen LogP contribution in [0.25, 0.3) is 0 Å². The van der Waals surface area contributed by atoms with Gasteiger partial charge < -0.3 is 14.5 Å². The quantitative estimate of drug-likeness (QED) is 0.692. The minimum atomic E-state index is 0.186. The van der Waals surface area contributed by atoms with Crippen LogP contribution in [0.15, 0.2) is 0 Å². The molecule has 0 saturated carbocycles. The third-order valence-corrected chi connectivity index (χ3v) is 5.57. The average molecular weight is 341 g/mol. The first-order valence-corrected chi connectivity index (χ1v) is 10.1. The minimum Gasteiger partial charge on any atom is -0.372 e. The molecule has 0 aliphatic carbocycles. The molecule has 0 bridgehead atoms. The van der Waals surface area contributed by atoms with Crippen LogP contribution in [0.1, 0.15) is 59.8 Å². The van der Waals surface area contributed by atoms with Crippen LogP contribution in [0.3, 0.4) is 0 Å². The van der Waals surface area contributed by atoms with E-state index in [0.29, 0.717) is 0 Å². The monoisotopic (exact) mass is 340 g/mol. The van der Waals surface area contributed by atoms with Crippen LogP contribution in [0, 0.1) is 17.8 Å². The van der Waals surface area contributed by atoms with E-state index in [1.54, 1.807) is 0 Å². The molecule has 142 valence electrons. The lowest BCUT2D eigenvalue weighted by molar-refractivity contribution is -0.137. The van der Waals surface area contributed by atoms with Gasteiger partial charge in [0.1, 0.15) is 6.61 Å². The van der Waals surface area contributed by atoms with Crippen LogP contribution in [-0.2, 0) is 9.53 Å². The predicted octanol–water partition coefficient (Wildman–Crippen LogP) is 3.66. The SMILES string of the molecule is CC.CC(C)C1CCN(C(=O)COCCC2CCN(C)CC2)CC1. The number of hydrogen-bond acceptors (Lipinski definition) is 3. The Bertz CT molecular complexity index is 331. The van der Waals surface area contributed by atoms with Crippen LogP contribution in [-0.4, -0.2) is 62.1 Å². The van der Waals surface area contributed by atoms with E-state index in [2.05, 4.69) is 25.8 Å². The summed E-state index contributed by atoms with van der Waals surface area (Å²) in [7, 11) is 2.19. The second kappa shape index (κ2) is 11.9. The highest BCUT2D eigenvalue weighted by molar-refractivity contribution is 5.77. The molecule has 2 aliphatic rings. The fourth-order valence-electron chi connectivity index (χ4n) is 3.67. The van der Waals surface area contributed by atoms with Crippen LogP contribution in [0.2, 0.25) is 0 Å². The van der Waals surface area contributed by atoms with Crippen molar-refractivity contribution in [3.8, 4) is 0 Å². The van der Waals surface area contributed by atoms with Gasteiger partial charge >= 0.3 is 0 Å². The van der Waals surface area contributed by atoms with E-state index in [0.717, 1.165) is 56.7 Å². The number of carbonyl (C=O) groups excluding carboxylic acids is 1. The maximum absolute atomic E-state index is 12.2. The van der Waals surface area contributed by atoms with Crippen molar-refractivity contribution in [2.75, 3.05) is 46.4 Å². The maximum atomic E-state index is 12.2. The fraction of sp³-hybridized carbons (Fsp3) is 0.950. The van der Waals surface area contributed by atoms with Crippen molar-refractivity contribution in [3.05, 3.63) is 0 Å². The van der Waals surface area contributed by atoms with E-state index in [4.69, 9.17) is 4.74 Å². The minimum absolute atomic E-state index is 0.186. The first-order chi connectivity index (χ1) is 11.6. The zero-order chi connectivity index (χ0) is 17.9. The van der Waals surface area contributed by atoms with Crippen molar-refractivity contribution in [2.45, 2.75) is 59.8 Å². The number of carbonyl (C=O) groups is 1. The van der Waals surface area contributed by atoms with Gasteiger partial charge in [-0.3, -0.25) is 4.79 Å². The van der Waals surface area contributed by atoms with Gasteiger partial charge in [-0.2, -0.15) is 0 Å². The highest BCUT2D eigenvalue weighted by Gasteiger charge is 2.24. The van der Waals surface area contributed by atoms with Gasteiger partial charge in [0.15, 0.2) is 0 Å². The van der Waals surface area contributed by atoms with Crippen LogP contribution in [0.5, 0.6) is 0 Å². The Hall–Kier alpha value is -0.610. The van der Waals surface area contributed by atoms with Gasteiger partial charge in [-0.05, 0) is 70.0 Å². The third kappa shape index (κ3) is 7.52. The molecule has 0 aromatic heterocycles. The van der Waals surface area contributed by atoms with E-state index in [1.165, 1.54) is 25.9 Å². The summed E-state index contributed by atoms with van der Waals surface area (Å²) in [6.07, 6.45) is 5.96. The van der Waals surface area contributed by atoms with Crippen LogP contribution in [0.4, 0.5) is 0 Å². The predicted molar refractivity (Wildman–Crippen MR) is 101 cm³/mol. The van der Waals surface area contributed by atoms with Crippen molar-refractivity contribution in [1.29, 1.82) is 0 Å². The molecule has 24 heavy (non-hydrogen) atoms. The summed E-state index contributed by atoms with van der Waals surface area (Å²) in [4.78, 5) is 16.5. The van der Waals surface area contributed by atoms with Gasteiger partial charge in [-0.25, -0.2) is 0 Å². The van der Waals surface area contributed by atoms with Crippen LogP contribution < -0.4 is 0 Å². The van der Waals surface area contributed by atoms with Crippen molar-refractivity contribution in [1.82, 2.24) is 9.80 Å². The Morgan fingerprint density at radius 3 is 2.17 bits per heavy atom. The Balaban J connectivity index is 0.00000139. The molecule has 2 rings (SSSR count). The van der Waals surface area contributed by atoms with E-state index in [-0.39, 0.29) is 12.5 Å². The average Bonchev–Trinajstić information content (AvgIpc) is 2.62. The van der Waals surface area contributed by atoms with Crippen molar-refractivity contribution >= 4 is 5.91 Å². The largest absolute Gasteiger partial charge is 0.372 e. The number of piperidine rings is 2. The lowest BCUT2D eigenvalue weighted by Gasteiger charge is -2.34. The lowest BCUT2D eigenvalue weighted by Crippen LogP contribution is -2.41. The first kappa shape index (κ1) is 21.4. The number of amides is 1. The summed E-state index contributed by atoms with van der Waals surface area (Å²) in [5.41, 5.74) is 0. The topological polar surface area (TPSA) is 32.8 Å². The molecule has 2 heterocycles. The number of nitrogens with zero attached hydrogens (tertiary/aromatic N) is 2. The second-order valence-corrected chi connectivity index (χ2v) is 7.55. The normalized spacial score (nSPS) is 20.8. The summed E-state index contributed by atoms with van der Waals surface area (Å²) in [6, 6.07) is 0. The lowest BCUT2D eigenvalue weighted by atomic mass is 9.87. The summed E-state index contributed by atoms with van der Waals surface area (Å²) in [5.74, 6) is 2.50. The van der Waals surface area contributed by atoms with Gasteiger partial charge in [-0.15, -0.1) is 0 Å². The molecular formula is C20H40N2O2. The highest BCUT2D eigenvalue weighted by Crippen LogP contribution is 2.24. The molecule has 0 N–H and O–H groups in total. The smallest absolute Gasteiger partial charge is 0.248 e. The second-order valence-electron chi connectivity index (χ2n) is 7.55. The van der Waals surface area contributed by atoms with E-state index in [9.17, 15) is 4.79 Å². The summed E-state index contributed by atoms with van der Waals surface area (Å²) in [5, 5.41) is 0. The van der Waals surface area contributed by atoms with Gasteiger partial charge in [0.25, 0.3) is 0 Å². The molecule has 0 radical (unpaired) electrons. The summed E-state index contributed by atoms with van der Waals surface area (Å²) < 4.78 is 5.65. The molecular weight excluding hydrogens is 300 g/mol. The molecule has 0 aromatic carbocycles. The molecule has 0 atom stereocenters. The molecule has 4 heteroatoms.